The number of hydrogen-bond donors (Lipinski definition) is 1. The Kier molecular flexibility index (Phi) is 7.16. The Morgan fingerprint density at radius 3 is 2.70 bits per heavy atom. The predicted octanol–water partition coefficient (Wildman–Crippen LogP) is 3.33. The fourth-order valence-electron chi connectivity index (χ4n) is 4.12. The predicted molar refractivity (Wildman–Crippen MR) is 109 cm³/mol. The van der Waals surface area contributed by atoms with Gasteiger partial charge in [0, 0.05) is 49.3 Å². The molecule has 0 spiro atoms. The lowest BCUT2D eigenvalue weighted by atomic mass is 9.95. The van der Waals surface area contributed by atoms with Crippen LogP contribution in [0.15, 0.2) is 36.9 Å². The molecule has 2 aliphatic heterocycles. The minimum Gasteiger partial charge on any atom is -0.445 e. The first-order valence-corrected chi connectivity index (χ1v) is 10.2. The van der Waals surface area contributed by atoms with Gasteiger partial charge in [0.25, 0.3) is 0 Å². The summed E-state index contributed by atoms with van der Waals surface area (Å²) in [5.41, 5.74) is 1.32. The first kappa shape index (κ1) is 20.2. The largest absolute Gasteiger partial charge is 0.445 e. The molecule has 0 radical (unpaired) electrons. The van der Waals surface area contributed by atoms with E-state index in [4.69, 9.17) is 16.3 Å². The average molecular weight is 392 g/mol. The Balaban J connectivity index is 1.59. The van der Waals surface area contributed by atoms with Gasteiger partial charge in [-0.15, -0.1) is 0 Å². The van der Waals surface area contributed by atoms with E-state index in [2.05, 4.69) is 35.9 Å². The zero-order chi connectivity index (χ0) is 19.2. The van der Waals surface area contributed by atoms with Crippen molar-refractivity contribution in [1.29, 1.82) is 0 Å². The third-order valence-corrected chi connectivity index (χ3v) is 5.81. The van der Waals surface area contributed by atoms with Crippen molar-refractivity contribution < 1.29 is 9.53 Å². The van der Waals surface area contributed by atoms with E-state index in [0.29, 0.717) is 18.1 Å². The van der Waals surface area contributed by atoms with Crippen LogP contribution in [0.2, 0.25) is 5.02 Å². The zero-order valence-electron chi connectivity index (χ0n) is 16.1. The lowest BCUT2D eigenvalue weighted by Crippen LogP contribution is -2.61. The highest BCUT2D eigenvalue weighted by atomic mass is 35.5. The molecule has 0 unspecified atom stereocenters. The zero-order valence-corrected chi connectivity index (χ0v) is 16.8. The monoisotopic (exact) mass is 391 g/mol. The summed E-state index contributed by atoms with van der Waals surface area (Å²) in [4.78, 5) is 16.5. The summed E-state index contributed by atoms with van der Waals surface area (Å²) in [5.74, 6) is 0. The van der Waals surface area contributed by atoms with E-state index < -0.39 is 0 Å². The molecule has 1 aromatic carbocycles. The molecule has 3 rings (SSSR count). The summed E-state index contributed by atoms with van der Waals surface area (Å²) in [6, 6.07) is 9.64. The molecular weight excluding hydrogens is 362 g/mol. The summed E-state index contributed by atoms with van der Waals surface area (Å²) in [5, 5.41) is 4.40. The van der Waals surface area contributed by atoms with Crippen LogP contribution in [0, 0.1) is 0 Å². The van der Waals surface area contributed by atoms with Gasteiger partial charge in [-0.3, -0.25) is 4.90 Å². The van der Waals surface area contributed by atoms with Crippen molar-refractivity contribution in [2.24, 2.45) is 0 Å². The van der Waals surface area contributed by atoms with Gasteiger partial charge in [0.05, 0.1) is 0 Å². The van der Waals surface area contributed by atoms with E-state index >= 15 is 0 Å². The molecule has 2 heterocycles. The highest BCUT2D eigenvalue weighted by Gasteiger charge is 2.34. The molecule has 148 valence electrons. The molecule has 2 aliphatic rings. The van der Waals surface area contributed by atoms with Gasteiger partial charge in [0.1, 0.15) is 6.61 Å². The number of likely N-dealkylation sites (tertiary alicyclic amines) is 1. The molecule has 0 aromatic heterocycles. The van der Waals surface area contributed by atoms with Crippen LogP contribution < -0.4 is 5.32 Å². The van der Waals surface area contributed by atoms with Crippen LogP contribution in [-0.4, -0.2) is 66.8 Å². The Morgan fingerprint density at radius 2 is 2.04 bits per heavy atom. The molecule has 27 heavy (non-hydrogen) atoms. The van der Waals surface area contributed by atoms with Crippen molar-refractivity contribution in [2.75, 3.05) is 32.8 Å². The molecule has 6 heteroatoms. The number of ether oxygens (including phenoxy) is 1. The Labute approximate surface area is 167 Å². The van der Waals surface area contributed by atoms with Gasteiger partial charge in [-0.2, -0.15) is 0 Å². The molecule has 2 atom stereocenters. The van der Waals surface area contributed by atoms with Crippen LogP contribution in [0.4, 0.5) is 4.79 Å². The maximum Gasteiger partial charge on any atom is 0.410 e. The van der Waals surface area contributed by atoms with E-state index in [1.54, 1.807) is 6.08 Å². The summed E-state index contributed by atoms with van der Waals surface area (Å²) < 4.78 is 5.17. The summed E-state index contributed by atoms with van der Waals surface area (Å²) in [7, 11) is 0. The molecule has 1 aromatic rings. The van der Waals surface area contributed by atoms with E-state index in [-0.39, 0.29) is 12.7 Å². The van der Waals surface area contributed by atoms with E-state index in [1.165, 1.54) is 5.56 Å². The first-order valence-electron chi connectivity index (χ1n) is 9.83. The minimum absolute atomic E-state index is 0.222. The molecule has 0 aliphatic carbocycles. The van der Waals surface area contributed by atoms with Crippen LogP contribution >= 0.6 is 11.6 Å². The van der Waals surface area contributed by atoms with Crippen molar-refractivity contribution >= 4 is 17.7 Å². The molecule has 0 bridgehead atoms. The Hall–Kier alpha value is -1.56. The summed E-state index contributed by atoms with van der Waals surface area (Å²) in [6.07, 6.45) is 4.38. The molecule has 1 amide bonds. The average Bonchev–Trinajstić information content (AvgIpc) is 2.69. The van der Waals surface area contributed by atoms with Gasteiger partial charge in [-0.1, -0.05) is 36.4 Å². The quantitative estimate of drug-likeness (QED) is 0.782. The molecule has 2 fully saturated rings. The second kappa shape index (κ2) is 9.58. The highest BCUT2D eigenvalue weighted by molar-refractivity contribution is 6.30. The van der Waals surface area contributed by atoms with Crippen LogP contribution in [0.3, 0.4) is 0 Å². The number of rotatable bonds is 5. The Morgan fingerprint density at radius 1 is 1.33 bits per heavy atom. The third kappa shape index (κ3) is 5.47. The number of benzene rings is 1. The maximum absolute atomic E-state index is 12.0. The van der Waals surface area contributed by atoms with Gasteiger partial charge >= 0.3 is 6.09 Å². The molecular formula is C21H30ClN3O2. The number of halogens is 1. The Bertz CT molecular complexity index is 629. The summed E-state index contributed by atoms with van der Waals surface area (Å²) in [6.45, 7) is 9.66. The fourth-order valence-corrected chi connectivity index (χ4v) is 4.24. The first-order chi connectivity index (χ1) is 13.1. The van der Waals surface area contributed by atoms with Crippen molar-refractivity contribution in [1.82, 2.24) is 15.1 Å². The smallest absolute Gasteiger partial charge is 0.410 e. The van der Waals surface area contributed by atoms with E-state index in [0.717, 1.165) is 50.5 Å². The lowest BCUT2D eigenvalue weighted by Gasteiger charge is -2.46. The van der Waals surface area contributed by atoms with Gasteiger partial charge < -0.3 is 15.0 Å². The standard InChI is InChI=1S/C21H30ClN3O2/c1-3-12-27-21(26)24-10-8-19(9-11-24)25-15-16(2)23-14-20(25)13-17-4-6-18(22)7-5-17/h3-7,16,19-20,23H,1,8-15H2,2H3/t16-,20-/m0/s1. The van der Waals surface area contributed by atoms with Gasteiger partial charge in [0.2, 0.25) is 0 Å². The number of piperidine rings is 1. The number of nitrogens with zero attached hydrogens (tertiary/aromatic N) is 2. The number of hydrogen-bond acceptors (Lipinski definition) is 4. The van der Waals surface area contributed by atoms with Crippen LogP contribution in [0.25, 0.3) is 0 Å². The lowest BCUT2D eigenvalue weighted by molar-refractivity contribution is 0.0399. The van der Waals surface area contributed by atoms with Crippen molar-refractivity contribution in [3.8, 4) is 0 Å². The molecule has 1 N–H and O–H groups in total. The topological polar surface area (TPSA) is 44.8 Å². The second-order valence-electron chi connectivity index (χ2n) is 7.57. The van der Waals surface area contributed by atoms with Crippen molar-refractivity contribution in [3.63, 3.8) is 0 Å². The number of carbonyl (C=O) groups excluding carboxylic acids is 1. The number of nitrogens with one attached hydrogen (secondary N) is 1. The fraction of sp³-hybridized carbons (Fsp3) is 0.571. The number of amides is 1. The van der Waals surface area contributed by atoms with Crippen LogP contribution in [0.1, 0.15) is 25.3 Å². The third-order valence-electron chi connectivity index (χ3n) is 5.56. The highest BCUT2D eigenvalue weighted by Crippen LogP contribution is 2.24. The normalized spacial score (nSPS) is 24.6. The van der Waals surface area contributed by atoms with Crippen molar-refractivity contribution in [3.05, 3.63) is 47.5 Å². The maximum atomic E-state index is 12.0. The van der Waals surface area contributed by atoms with E-state index in [1.807, 2.05) is 17.0 Å². The molecule has 0 saturated carbocycles. The second-order valence-corrected chi connectivity index (χ2v) is 8.01. The van der Waals surface area contributed by atoms with Crippen molar-refractivity contribution in [2.45, 2.75) is 44.3 Å². The van der Waals surface area contributed by atoms with Gasteiger partial charge in [0.15, 0.2) is 0 Å². The van der Waals surface area contributed by atoms with E-state index in [9.17, 15) is 4.79 Å². The van der Waals surface area contributed by atoms with Crippen LogP contribution in [-0.2, 0) is 11.2 Å². The van der Waals surface area contributed by atoms with Gasteiger partial charge in [-0.05, 0) is 43.9 Å². The SMILES string of the molecule is C=CCOC(=O)N1CCC(N2C[C@H](C)NC[C@@H]2Cc2ccc(Cl)cc2)CC1. The van der Waals surface area contributed by atoms with Crippen LogP contribution in [0.5, 0.6) is 0 Å². The summed E-state index contributed by atoms with van der Waals surface area (Å²) >= 11 is 6.02. The van der Waals surface area contributed by atoms with Gasteiger partial charge in [-0.25, -0.2) is 4.79 Å². The molecule has 5 nitrogen and oxygen atoms in total. The number of carbonyl (C=O) groups is 1. The number of piperazine rings is 1. The molecule has 2 saturated heterocycles. The minimum atomic E-state index is -0.222.